The van der Waals surface area contributed by atoms with Gasteiger partial charge in [-0.1, -0.05) is 28.1 Å². The molecule has 3 aliphatic rings. The third kappa shape index (κ3) is 6.17. The van der Waals surface area contributed by atoms with Gasteiger partial charge in [-0.25, -0.2) is 0 Å². The Morgan fingerprint density at radius 2 is 1.84 bits per heavy atom. The lowest BCUT2D eigenvalue weighted by atomic mass is 9.72. The van der Waals surface area contributed by atoms with E-state index in [2.05, 4.69) is 15.9 Å². The van der Waals surface area contributed by atoms with Crippen molar-refractivity contribution in [2.45, 2.75) is 62.4 Å². The average molecular weight is 597 g/mol. The Morgan fingerprint density at radius 3 is 2.54 bits per heavy atom. The fourth-order valence-corrected chi connectivity index (χ4v) is 7.09. The first-order valence-corrected chi connectivity index (χ1v) is 15.0. The summed E-state index contributed by atoms with van der Waals surface area (Å²) in [6.45, 7) is 0.595. The molecular weight excluding hydrogens is 562 g/mol. The smallest absolute Gasteiger partial charge is 0.312 e. The number of amides is 1. The Labute approximate surface area is 227 Å². The summed E-state index contributed by atoms with van der Waals surface area (Å²) in [5.74, 6) is -2.11. The monoisotopic (exact) mass is 595 g/mol. The molecule has 202 valence electrons. The summed E-state index contributed by atoms with van der Waals surface area (Å²) in [4.78, 5) is 41.6. The number of esters is 1. The molecule has 2 aliphatic carbocycles. The van der Waals surface area contributed by atoms with Crippen LogP contribution < -0.4 is 0 Å². The molecule has 1 heterocycles. The molecule has 1 aromatic carbocycles. The van der Waals surface area contributed by atoms with Crippen LogP contribution in [0.15, 0.2) is 45.8 Å². The lowest BCUT2D eigenvalue weighted by Gasteiger charge is -2.36. The van der Waals surface area contributed by atoms with E-state index in [1.54, 1.807) is 24.1 Å². The predicted octanol–water partition coefficient (Wildman–Crippen LogP) is 4.28. The van der Waals surface area contributed by atoms with E-state index < -0.39 is 39.4 Å². The van der Waals surface area contributed by atoms with Gasteiger partial charge in [-0.15, -0.1) is 0 Å². The van der Waals surface area contributed by atoms with Gasteiger partial charge in [-0.05, 0) is 75.1 Å². The minimum Gasteiger partial charge on any atom is -0.469 e. The van der Waals surface area contributed by atoms with Crippen molar-refractivity contribution in [1.82, 2.24) is 4.90 Å². The van der Waals surface area contributed by atoms with E-state index in [1.807, 2.05) is 12.2 Å². The van der Waals surface area contributed by atoms with Crippen LogP contribution in [-0.2, 0) is 33.4 Å². The van der Waals surface area contributed by atoms with Crippen molar-refractivity contribution < 1.29 is 31.7 Å². The number of rotatable bonds is 4. The fraction of sp³-hybridized carbons (Fsp3) is 0.593. The van der Waals surface area contributed by atoms with Crippen LogP contribution in [0.2, 0.25) is 0 Å². The van der Waals surface area contributed by atoms with Gasteiger partial charge in [-0.3, -0.25) is 18.6 Å². The number of nitrogens with zero attached hydrogens (tertiary/aromatic N) is 1. The Hall–Kier alpha value is -2.04. The molecule has 0 radical (unpaired) electrons. The molecule has 5 atom stereocenters. The van der Waals surface area contributed by atoms with Crippen molar-refractivity contribution in [3.63, 3.8) is 0 Å². The Morgan fingerprint density at radius 1 is 1.11 bits per heavy atom. The zero-order valence-electron chi connectivity index (χ0n) is 21.2. The van der Waals surface area contributed by atoms with Gasteiger partial charge in [0.25, 0.3) is 10.1 Å². The van der Waals surface area contributed by atoms with Gasteiger partial charge < -0.3 is 9.64 Å². The highest BCUT2D eigenvalue weighted by Crippen LogP contribution is 2.58. The van der Waals surface area contributed by atoms with E-state index >= 15 is 0 Å². The predicted molar refractivity (Wildman–Crippen MR) is 140 cm³/mol. The zero-order valence-corrected chi connectivity index (χ0v) is 23.6. The second kappa shape index (κ2) is 11.4. The minimum absolute atomic E-state index is 0.0287. The molecule has 0 unspecified atom stereocenters. The van der Waals surface area contributed by atoms with E-state index in [4.69, 9.17) is 8.92 Å². The van der Waals surface area contributed by atoms with E-state index in [-0.39, 0.29) is 35.3 Å². The molecule has 0 bridgehead atoms. The van der Waals surface area contributed by atoms with E-state index in [9.17, 15) is 22.8 Å². The lowest BCUT2D eigenvalue weighted by Crippen LogP contribution is -2.45. The number of Topliss-reactive ketones (excluding diaryl/α,β-unsaturated/α-hetero) is 1. The van der Waals surface area contributed by atoms with Crippen LogP contribution in [0.25, 0.3) is 0 Å². The zero-order chi connectivity index (χ0) is 26.8. The van der Waals surface area contributed by atoms with Crippen LogP contribution in [0.3, 0.4) is 0 Å². The quantitative estimate of drug-likeness (QED) is 0.290. The van der Waals surface area contributed by atoms with Crippen molar-refractivity contribution in [2.75, 3.05) is 20.7 Å². The van der Waals surface area contributed by atoms with Gasteiger partial charge in [-0.2, -0.15) is 8.42 Å². The highest BCUT2D eigenvalue weighted by atomic mass is 79.9. The molecular formula is C27H34BrNO7S. The molecule has 2 fully saturated rings. The second-order valence-corrected chi connectivity index (χ2v) is 12.9. The largest absolute Gasteiger partial charge is 0.469 e. The normalized spacial score (nSPS) is 32.0. The standard InChI is InChI=1S/C27H34BrNO7S/c1-29-14-6-4-3-5-7-18-16-27(18,26(32)35-2)17-24(30)23-15-20(10-13-22(23)25(29)31)36-37(33,34)21-11-8-19(28)9-12-21/h5,7-9,11-12,18,20,22-23H,3-4,6,10,13-17H2,1-2H3/b7-5-/t18-,20+,22+,23+,27+/m0/s1. The van der Waals surface area contributed by atoms with Gasteiger partial charge in [0.05, 0.1) is 23.5 Å². The van der Waals surface area contributed by atoms with Crippen LogP contribution in [0.5, 0.6) is 0 Å². The molecule has 8 nitrogen and oxygen atoms in total. The van der Waals surface area contributed by atoms with Crippen LogP contribution in [0.1, 0.15) is 51.4 Å². The lowest BCUT2D eigenvalue weighted by molar-refractivity contribution is -0.151. The molecule has 2 saturated carbocycles. The number of ether oxygens (including phenoxy) is 1. The Kier molecular flexibility index (Phi) is 8.60. The van der Waals surface area contributed by atoms with Gasteiger partial charge in [0.15, 0.2) is 0 Å². The topological polar surface area (TPSA) is 107 Å². The molecule has 0 saturated heterocycles. The second-order valence-electron chi connectivity index (χ2n) is 10.4. The summed E-state index contributed by atoms with van der Waals surface area (Å²) in [7, 11) is -0.975. The summed E-state index contributed by atoms with van der Waals surface area (Å²) in [6.07, 6.45) is 7.23. The van der Waals surface area contributed by atoms with Gasteiger partial charge in [0.2, 0.25) is 5.91 Å². The molecule has 1 aliphatic heterocycles. The maximum Gasteiger partial charge on any atom is 0.312 e. The maximum atomic E-state index is 13.7. The van der Waals surface area contributed by atoms with Crippen LogP contribution in [0, 0.1) is 23.2 Å². The molecule has 0 spiro atoms. The molecule has 1 amide bonds. The number of methoxy groups -OCH3 is 1. The third-order valence-corrected chi connectivity index (χ3v) is 9.88. The molecule has 10 heteroatoms. The molecule has 0 N–H and O–H groups in total. The molecule has 4 rings (SSSR count). The molecule has 0 aromatic heterocycles. The number of ketones is 1. The first-order valence-electron chi connectivity index (χ1n) is 12.8. The van der Waals surface area contributed by atoms with Crippen LogP contribution in [0.4, 0.5) is 0 Å². The van der Waals surface area contributed by atoms with Gasteiger partial charge in [0, 0.05) is 36.3 Å². The number of halogens is 1. The third-order valence-electron chi connectivity index (χ3n) is 7.97. The number of fused-ring (bicyclic) bond motifs is 2. The summed E-state index contributed by atoms with van der Waals surface area (Å²) in [5.41, 5.74) is -0.913. The van der Waals surface area contributed by atoms with Crippen molar-refractivity contribution in [3.05, 3.63) is 40.9 Å². The Bertz CT molecular complexity index is 1170. The van der Waals surface area contributed by atoms with Crippen molar-refractivity contribution in [1.29, 1.82) is 0 Å². The van der Waals surface area contributed by atoms with Gasteiger partial charge >= 0.3 is 5.97 Å². The number of hydrogen-bond donors (Lipinski definition) is 0. The first kappa shape index (κ1) is 28.0. The van der Waals surface area contributed by atoms with E-state index in [0.717, 1.165) is 23.7 Å². The number of benzene rings is 1. The minimum atomic E-state index is -4.05. The number of carbonyl (C=O) groups excluding carboxylic acids is 3. The van der Waals surface area contributed by atoms with E-state index in [0.29, 0.717) is 25.8 Å². The highest BCUT2D eigenvalue weighted by Gasteiger charge is 2.61. The number of allylic oxidation sites excluding steroid dienone is 2. The maximum absolute atomic E-state index is 13.7. The van der Waals surface area contributed by atoms with Crippen molar-refractivity contribution >= 4 is 43.7 Å². The summed E-state index contributed by atoms with van der Waals surface area (Å²) in [5, 5.41) is 0. The van der Waals surface area contributed by atoms with Crippen LogP contribution in [-0.4, -0.2) is 57.8 Å². The Balaban J connectivity index is 1.59. The fourth-order valence-electron chi connectivity index (χ4n) is 5.71. The average Bonchev–Trinajstić information content (AvgIpc) is 3.57. The molecule has 1 aromatic rings. The summed E-state index contributed by atoms with van der Waals surface area (Å²) in [6, 6.07) is 6.15. The van der Waals surface area contributed by atoms with Crippen molar-refractivity contribution in [2.24, 2.45) is 23.2 Å². The highest BCUT2D eigenvalue weighted by molar-refractivity contribution is 9.10. The van der Waals surface area contributed by atoms with Crippen molar-refractivity contribution in [3.8, 4) is 0 Å². The molecule has 37 heavy (non-hydrogen) atoms. The first-order chi connectivity index (χ1) is 17.6. The summed E-state index contributed by atoms with van der Waals surface area (Å²) >= 11 is 3.29. The number of hydrogen-bond acceptors (Lipinski definition) is 7. The van der Waals surface area contributed by atoms with Gasteiger partial charge in [0.1, 0.15) is 5.78 Å². The number of carbonyl (C=O) groups is 3. The summed E-state index contributed by atoms with van der Waals surface area (Å²) < 4.78 is 37.2. The van der Waals surface area contributed by atoms with Crippen LogP contribution >= 0.6 is 15.9 Å². The van der Waals surface area contributed by atoms with E-state index in [1.165, 1.54) is 19.2 Å². The SMILES string of the molecule is COC(=O)[C@]12CC(=O)[C@@H]3C[C@H](OS(=O)(=O)c4ccc(Br)cc4)CC[C@H]3C(=O)N(C)CCCC/C=C\[C@H]1C2.